The zero-order valence-corrected chi connectivity index (χ0v) is 18.4. The van der Waals surface area contributed by atoms with E-state index in [4.69, 9.17) is 9.47 Å². The highest BCUT2D eigenvalue weighted by atomic mass is 32.2. The number of carbonyl (C=O) groups is 1. The topological polar surface area (TPSA) is 55.6 Å². The maximum atomic E-state index is 13.5. The fourth-order valence-electron chi connectivity index (χ4n) is 3.84. The van der Waals surface area contributed by atoms with Gasteiger partial charge in [0.25, 0.3) is 0 Å². The standard InChI is InChI=1S/C25H25NO4S/c1-19-13-15-22(16-14-19)31(28)26-23(21-11-7-4-8-12-21)25(26,24(27)29-2)18-30-17-20-9-5-3-6-10-20/h3-16,23H,17-18H2,1-2H3/t23-,25-,26?,31?/m0/s1. The molecule has 160 valence electrons. The van der Waals surface area contributed by atoms with Crippen LogP contribution >= 0.6 is 0 Å². The molecule has 0 radical (unpaired) electrons. The van der Waals surface area contributed by atoms with Crippen molar-refractivity contribution in [2.24, 2.45) is 0 Å². The van der Waals surface area contributed by atoms with Gasteiger partial charge in [-0.2, -0.15) is 4.31 Å². The smallest absolute Gasteiger partial charge is 0.331 e. The molecule has 0 amide bonds. The highest BCUT2D eigenvalue weighted by molar-refractivity contribution is 7.83. The fourth-order valence-corrected chi connectivity index (χ4v) is 5.40. The van der Waals surface area contributed by atoms with Gasteiger partial charge in [-0.25, -0.2) is 9.00 Å². The SMILES string of the molecule is COC(=O)[C@]1(COCc2ccccc2)[C@H](c2ccccc2)N1S(=O)c1ccc(C)cc1. The first-order valence-electron chi connectivity index (χ1n) is 10.1. The Morgan fingerprint density at radius 3 is 2.19 bits per heavy atom. The van der Waals surface area contributed by atoms with Crippen LogP contribution in [0, 0.1) is 6.92 Å². The molecule has 0 N–H and O–H groups in total. The van der Waals surface area contributed by atoms with E-state index in [1.807, 2.05) is 91.9 Å². The Bertz CT molecular complexity index is 1060. The molecule has 0 saturated carbocycles. The molecule has 1 aliphatic heterocycles. The highest BCUT2D eigenvalue weighted by Gasteiger charge is 2.72. The minimum Gasteiger partial charge on any atom is -0.467 e. The molecular formula is C25H25NO4S. The van der Waals surface area contributed by atoms with Crippen LogP contribution < -0.4 is 0 Å². The van der Waals surface area contributed by atoms with Gasteiger partial charge in [-0.05, 0) is 30.2 Å². The van der Waals surface area contributed by atoms with Crippen molar-refractivity contribution in [1.82, 2.24) is 4.31 Å². The van der Waals surface area contributed by atoms with Crippen LogP contribution in [0.2, 0.25) is 0 Å². The predicted molar refractivity (Wildman–Crippen MR) is 119 cm³/mol. The van der Waals surface area contributed by atoms with Crippen LogP contribution in [0.25, 0.3) is 0 Å². The van der Waals surface area contributed by atoms with Crippen molar-refractivity contribution in [3.05, 3.63) is 102 Å². The third-order valence-electron chi connectivity index (χ3n) is 5.50. The van der Waals surface area contributed by atoms with Gasteiger partial charge in [-0.1, -0.05) is 78.4 Å². The molecule has 31 heavy (non-hydrogen) atoms. The number of carbonyl (C=O) groups excluding carboxylic acids is 1. The minimum absolute atomic E-state index is 0.0751. The first kappa shape index (κ1) is 21.4. The number of nitrogens with zero attached hydrogens (tertiary/aromatic N) is 1. The van der Waals surface area contributed by atoms with Crippen molar-refractivity contribution in [2.45, 2.75) is 30.0 Å². The lowest BCUT2D eigenvalue weighted by molar-refractivity contribution is -0.146. The summed E-state index contributed by atoms with van der Waals surface area (Å²) in [4.78, 5) is 13.7. The number of methoxy groups -OCH3 is 1. The second-order valence-corrected chi connectivity index (χ2v) is 8.96. The van der Waals surface area contributed by atoms with Crippen molar-refractivity contribution >= 4 is 17.0 Å². The molecule has 1 aliphatic rings. The quantitative estimate of drug-likeness (QED) is 0.393. The summed E-state index contributed by atoms with van der Waals surface area (Å²) in [5.41, 5.74) is 1.83. The van der Waals surface area contributed by atoms with E-state index in [9.17, 15) is 9.00 Å². The third kappa shape index (κ3) is 4.19. The van der Waals surface area contributed by atoms with Crippen LogP contribution in [-0.4, -0.2) is 33.7 Å². The van der Waals surface area contributed by atoms with E-state index in [1.54, 1.807) is 4.31 Å². The Morgan fingerprint density at radius 1 is 0.968 bits per heavy atom. The molecule has 6 heteroatoms. The summed E-state index contributed by atoms with van der Waals surface area (Å²) >= 11 is 0. The van der Waals surface area contributed by atoms with Gasteiger partial charge in [0.15, 0.2) is 5.54 Å². The number of benzene rings is 3. The van der Waals surface area contributed by atoms with E-state index in [0.29, 0.717) is 11.5 Å². The lowest BCUT2D eigenvalue weighted by atomic mass is 10.0. The van der Waals surface area contributed by atoms with Gasteiger partial charge in [-0.15, -0.1) is 0 Å². The maximum Gasteiger partial charge on any atom is 0.331 e. The minimum atomic E-state index is -1.55. The Morgan fingerprint density at radius 2 is 1.58 bits per heavy atom. The van der Waals surface area contributed by atoms with E-state index in [0.717, 1.165) is 16.7 Å². The van der Waals surface area contributed by atoms with Crippen LogP contribution in [0.3, 0.4) is 0 Å². The summed E-state index contributed by atoms with van der Waals surface area (Å²) in [5.74, 6) is -0.449. The molecule has 4 rings (SSSR count). The van der Waals surface area contributed by atoms with E-state index in [2.05, 4.69) is 0 Å². The van der Waals surface area contributed by atoms with E-state index in [-0.39, 0.29) is 6.61 Å². The van der Waals surface area contributed by atoms with E-state index >= 15 is 0 Å². The van der Waals surface area contributed by atoms with Crippen molar-refractivity contribution in [1.29, 1.82) is 0 Å². The number of ether oxygens (including phenoxy) is 2. The van der Waals surface area contributed by atoms with Crippen molar-refractivity contribution in [3.8, 4) is 0 Å². The van der Waals surface area contributed by atoms with Crippen LogP contribution in [0.5, 0.6) is 0 Å². The summed E-state index contributed by atoms with van der Waals surface area (Å²) in [5, 5.41) is 0. The van der Waals surface area contributed by atoms with Crippen molar-refractivity contribution < 1.29 is 18.5 Å². The van der Waals surface area contributed by atoms with E-state index in [1.165, 1.54) is 7.11 Å². The number of esters is 1. The van der Waals surface area contributed by atoms with Gasteiger partial charge < -0.3 is 9.47 Å². The average Bonchev–Trinajstić information content (AvgIpc) is 3.49. The zero-order chi connectivity index (χ0) is 21.8. The van der Waals surface area contributed by atoms with Gasteiger partial charge in [0.2, 0.25) is 0 Å². The van der Waals surface area contributed by atoms with Crippen LogP contribution in [-0.2, 0) is 31.9 Å². The summed E-state index contributed by atoms with van der Waals surface area (Å²) in [6.07, 6.45) is 0. The van der Waals surface area contributed by atoms with E-state index < -0.39 is 28.5 Å². The first-order chi connectivity index (χ1) is 15.1. The average molecular weight is 436 g/mol. The first-order valence-corrected chi connectivity index (χ1v) is 11.2. The van der Waals surface area contributed by atoms with Gasteiger partial charge in [0.1, 0.15) is 11.0 Å². The molecule has 3 aromatic rings. The predicted octanol–water partition coefficient (Wildman–Crippen LogP) is 4.20. The highest BCUT2D eigenvalue weighted by Crippen LogP contribution is 2.56. The molecule has 3 aromatic carbocycles. The molecule has 0 bridgehead atoms. The molecule has 5 nitrogen and oxygen atoms in total. The van der Waals surface area contributed by atoms with Gasteiger partial charge in [-0.3, -0.25) is 0 Å². The summed E-state index contributed by atoms with van der Waals surface area (Å²) in [6, 6.07) is 26.5. The molecule has 1 saturated heterocycles. The number of aryl methyl sites for hydroxylation is 1. The van der Waals surface area contributed by atoms with Crippen LogP contribution in [0.1, 0.15) is 22.7 Å². The lowest BCUT2D eigenvalue weighted by Gasteiger charge is -2.16. The number of rotatable bonds is 8. The monoisotopic (exact) mass is 435 g/mol. The van der Waals surface area contributed by atoms with Crippen LogP contribution in [0.4, 0.5) is 0 Å². The molecule has 1 heterocycles. The summed E-state index contributed by atoms with van der Waals surface area (Å²) in [7, 11) is -0.194. The number of hydrogen-bond donors (Lipinski definition) is 0. The molecule has 2 unspecified atom stereocenters. The lowest BCUT2D eigenvalue weighted by Crippen LogP contribution is -2.37. The second kappa shape index (κ2) is 9.14. The fraction of sp³-hybridized carbons (Fsp3) is 0.240. The largest absolute Gasteiger partial charge is 0.467 e. The molecule has 0 aliphatic carbocycles. The Hall–Kier alpha value is -2.80. The molecule has 0 aromatic heterocycles. The number of hydrogen-bond acceptors (Lipinski definition) is 4. The van der Waals surface area contributed by atoms with Crippen molar-refractivity contribution in [3.63, 3.8) is 0 Å². The molecule has 1 fully saturated rings. The Kier molecular flexibility index (Phi) is 6.32. The van der Waals surface area contributed by atoms with Gasteiger partial charge in [0.05, 0.1) is 31.3 Å². The summed E-state index contributed by atoms with van der Waals surface area (Å²) in [6.45, 7) is 2.41. The molecule has 4 atom stereocenters. The maximum absolute atomic E-state index is 13.5. The molecular weight excluding hydrogens is 410 g/mol. The van der Waals surface area contributed by atoms with Gasteiger partial charge >= 0.3 is 5.97 Å². The van der Waals surface area contributed by atoms with Gasteiger partial charge in [0, 0.05) is 0 Å². The second-order valence-electron chi connectivity index (χ2n) is 7.60. The third-order valence-corrected chi connectivity index (χ3v) is 7.07. The van der Waals surface area contributed by atoms with Crippen molar-refractivity contribution in [2.75, 3.05) is 13.7 Å². The Balaban J connectivity index is 1.66. The Labute approximate surface area is 185 Å². The summed E-state index contributed by atoms with van der Waals surface area (Å²) < 4.78 is 26.4. The zero-order valence-electron chi connectivity index (χ0n) is 17.6. The van der Waals surface area contributed by atoms with Crippen LogP contribution in [0.15, 0.2) is 89.8 Å². The molecule has 0 spiro atoms. The normalized spacial score (nSPS) is 23.2.